The Bertz CT molecular complexity index is 481. The Hall–Kier alpha value is -1.25. The Balaban J connectivity index is 1.92. The third kappa shape index (κ3) is 3.62. The largest absolute Gasteiger partial charge is 0.469 e. The summed E-state index contributed by atoms with van der Waals surface area (Å²) in [6.07, 6.45) is 2.60. The van der Waals surface area contributed by atoms with E-state index in [1.165, 1.54) is 5.56 Å². The molecular weight excluding hydrogens is 246 g/mol. The molecule has 2 nitrogen and oxygen atoms in total. The van der Waals surface area contributed by atoms with Crippen LogP contribution in [0.1, 0.15) is 31.2 Å². The summed E-state index contributed by atoms with van der Waals surface area (Å²) >= 11 is 6.00. The van der Waals surface area contributed by atoms with Crippen molar-refractivity contribution in [3.05, 3.63) is 59.0 Å². The first kappa shape index (κ1) is 13.2. The fourth-order valence-corrected chi connectivity index (χ4v) is 2.29. The van der Waals surface area contributed by atoms with Crippen molar-refractivity contribution in [3.8, 4) is 0 Å². The Morgan fingerprint density at radius 2 is 2.06 bits per heavy atom. The summed E-state index contributed by atoms with van der Waals surface area (Å²) in [7, 11) is 0. The van der Waals surface area contributed by atoms with Crippen LogP contribution >= 0.6 is 11.6 Å². The normalized spacial score (nSPS) is 14.4. The standard InChI is InChI=1S/C15H18ClNO/c1-11(9-15-7-4-8-18-15)17-12(2)13-5-3-6-14(16)10-13/h3-8,10-12,17H,9H2,1-2H3/t11?,12-/m0/s1. The molecule has 1 heterocycles. The molecule has 0 amide bonds. The molecule has 0 fully saturated rings. The first-order chi connectivity index (χ1) is 8.65. The lowest BCUT2D eigenvalue weighted by atomic mass is 10.1. The number of furan rings is 1. The van der Waals surface area contributed by atoms with Crippen molar-refractivity contribution in [1.29, 1.82) is 0 Å². The maximum atomic E-state index is 6.00. The van der Waals surface area contributed by atoms with Gasteiger partial charge in [-0.3, -0.25) is 0 Å². The van der Waals surface area contributed by atoms with E-state index in [1.54, 1.807) is 6.26 Å². The molecule has 2 atom stereocenters. The summed E-state index contributed by atoms with van der Waals surface area (Å²) < 4.78 is 5.35. The zero-order valence-corrected chi connectivity index (χ0v) is 11.4. The summed E-state index contributed by atoms with van der Waals surface area (Å²) in [4.78, 5) is 0. The molecule has 0 saturated heterocycles. The minimum absolute atomic E-state index is 0.272. The highest BCUT2D eigenvalue weighted by molar-refractivity contribution is 6.30. The monoisotopic (exact) mass is 263 g/mol. The average molecular weight is 264 g/mol. The second-order valence-electron chi connectivity index (χ2n) is 4.63. The van der Waals surface area contributed by atoms with Crippen LogP contribution < -0.4 is 5.32 Å². The summed E-state index contributed by atoms with van der Waals surface area (Å²) in [6, 6.07) is 12.5. The van der Waals surface area contributed by atoms with E-state index in [2.05, 4.69) is 25.2 Å². The Morgan fingerprint density at radius 3 is 2.72 bits per heavy atom. The number of hydrogen-bond donors (Lipinski definition) is 1. The molecule has 1 N–H and O–H groups in total. The smallest absolute Gasteiger partial charge is 0.105 e. The van der Waals surface area contributed by atoms with Gasteiger partial charge in [-0.2, -0.15) is 0 Å². The van der Waals surface area contributed by atoms with Crippen LogP contribution in [0, 0.1) is 0 Å². The van der Waals surface area contributed by atoms with Crippen molar-refractivity contribution in [1.82, 2.24) is 5.32 Å². The van der Waals surface area contributed by atoms with Crippen molar-refractivity contribution in [2.24, 2.45) is 0 Å². The molecule has 0 radical (unpaired) electrons. The lowest BCUT2D eigenvalue weighted by Gasteiger charge is -2.19. The van der Waals surface area contributed by atoms with Gasteiger partial charge in [0.1, 0.15) is 5.76 Å². The highest BCUT2D eigenvalue weighted by Crippen LogP contribution is 2.18. The predicted octanol–water partition coefficient (Wildman–Crippen LogP) is 4.21. The van der Waals surface area contributed by atoms with Gasteiger partial charge in [-0.1, -0.05) is 23.7 Å². The van der Waals surface area contributed by atoms with Crippen molar-refractivity contribution < 1.29 is 4.42 Å². The van der Waals surface area contributed by atoms with Gasteiger partial charge in [-0.25, -0.2) is 0 Å². The number of rotatable bonds is 5. The Kier molecular flexibility index (Phi) is 4.45. The van der Waals surface area contributed by atoms with Gasteiger partial charge in [0.2, 0.25) is 0 Å². The highest BCUT2D eigenvalue weighted by atomic mass is 35.5. The molecule has 2 aromatic rings. The van der Waals surface area contributed by atoms with Crippen LogP contribution in [0.25, 0.3) is 0 Å². The van der Waals surface area contributed by atoms with Crippen molar-refractivity contribution in [2.75, 3.05) is 0 Å². The van der Waals surface area contributed by atoms with Crippen molar-refractivity contribution in [3.63, 3.8) is 0 Å². The van der Waals surface area contributed by atoms with E-state index in [4.69, 9.17) is 16.0 Å². The fraction of sp³-hybridized carbons (Fsp3) is 0.333. The Labute approximate surface area is 113 Å². The Morgan fingerprint density at radius 1 is 1.22 bits per heavy atom. The third-order valence-corrected chi connectivity index (χ3v) is 3.21. The molecular formula is C15H18ClNO. The molecule has 1 unspecified atom stereocenters. The van der Waals surface area contributed by atoms with Gasteiger partial charge >= 0.3 is 0 Å². The molecule has 0 aliphatic heterocycles. The molecule has 0 aliphatic rings. The van der Waals surface area contributed by atoms with Crippen LogP contribution in [-0.2, 0) is 6.42 Å². The van der Waals surface area contributed by atoms with E-state index in [9.17, 15) is 0 Å². The highest BCUT2D eigenvalue weighted by Gasteiger charge is 2.11. The first-order valence-electron chi connectivity index (χ1n) is 6.19. The van der Waals surface area contributed by atoms with E-state index in [1.807, 2.05) is 30.3 Å². The molecule has 96 valence electrons. The summed E-state index contributed by atoms with van der Waals surface area (Å²) in [5, 5.41) is 4.32. The predicted molar refractivity (Wildman–Crippen MR) is 74.9 cm³/mol. The van der Waals surface area contributed by atoms with Gasteiger partial charge in [0.15, 0.2) is 0 Å². The molecule has 18 heavy (non-hydrogen) atoms. The molecule has 1 aromatic carbocycles. The van der Waals surface area contributed by atoms with Gasteiger partial charge in [0, 0.05) is 23.5 Å². The van der Waals surface area contributed by atoms with E-state index < -0.39 is 0 Å². The van der Waals surface area contributed by atoms with Crippen LogP contribution in [0.15, 0.2) is 47.1 Å². The van der Waals surface area contributed by atoms with Crippen LogP contribution in [0.4, 0.5) is 0 Å². The molecule has 0 saturated carbocycles. The molecule has 0 spiro atoms. The SMILES string of the molecule is CC(Cc1ccco1)N[C@@H](C)c1cccc(Cl)c1. The number of benzene rings is 1. The van der Waals surface area contributed by atoms with Crippen LogP contribution in [0.5, 0.6) is 0 Å². The molecule has 3 heteroatoms. The zero-order chi connectivity index (χ0) is 13.0. The number of nitrogens with one attached hydrogen (secondary N) is 1. The van der Waals surface area contributed by atoms with Crippen LogP contribution in [0.3, 0.4) is 0 Å². The van der Waals surface area contributed by atoms with Crippen LogP contribution in [0.2, 0.25) is 5.02 Å². The lowest BCUT2D eigenvalue weighted by molar-refractivity contribution is 0.429. The average Bonchev–Trinajstić information content (AvgIpc) is 2.81. The maximum absolute atomic E-state index is 6.00. The van der Waals surface area contributed by atoms with Crippen molar-refractivity contribution >= 4 is 11.6 Å². The summed E-state index contributed by atoms with van der Waals surface area (Å²) in [5.41, 5.74) is 1.20. The summed E-state index contributed by atoms with van der Waals surface area (Å²) in [5.74, 6) is 1.01. The van der Waals surface area contributed by atoms with Gasteiger partial charge < -0.3 is 9.73 Å². The fourth-order valence-electron chi connectivity index (χ4n) is 2.09. The van der Waals surface area contributed by atoms with Crippen molar-refractivity contribution in [2.45, 2.75) is 32.4 Å². The molecule has 0 aliphatic carbocycles. The van der Waals surface area contributed by atoms with Gasteiger partial charge in [-0.05, 0) is 43.7 Å². The molecule has 1 aromatic heterocycles. The van der Waals surface area contributed by atoms with E-state index >= 15 is 0 Å². The maximum Gasteiger partial charge on any atom is 0.105 e. The summed E-state index contributed by atoms with van der Waals surface area (Å²) in [6.45, 7) is 4.30. The minimum Gasteiger partial charge on any atom is -0.469 e. The number of hydrogen-bond acceptors (Lipinski definition) is 2. The third-order valence-electron chi connectivity index (χ3n) is 2.97. The number of halogens is 1. The molecule has 2 rings (SSSR count). The molecule has 0 bridgehead atoms. The topological polar surface area (TPSA) is 25.2 Å². The van der Waals surface area contributed by atoms with Gasteiger partial charge in [0.25, 0.3) is 0 Å². The minimum atomic E-state index is 0.272. The second kappa shape index (κ2) is 6.07. The van der Waals surface area contributed by atoms with Gasteiger partial charge in [-0.15, -0.1) is 0 Å². The zero-order valence-electron chi connectivity index (χ0n) is 10.7. The van der Waals surface area contributed by atoms with Gasteiger partial charge in [0.05, 0.1) is 6.26 Å². The van der Waals surface area contributed by atoms with E-state index in [0.29, 0.717) is 6.04 Å². The quantitative estimate of drug-likeness (QED) is 0.874. The lowest BCUT2D eigenvalue weighted by Crippen LogP contribution is -2.30. The van der Waals surface area contributed by atoms with E-state index in [0.717, 1.165) is 17.2 Å². The van der Waals surface area contributed by atoms with E-state index in [-0.39, 0.29) is 6.04 Å². The van der Waals surface area contributed by atoms with Crippen LogP contribution in [-0.4, -0.2) is 6.04 Å². The first-order valence-corrected chi connectivity index (χ1v) is 6.57. The second-order valence-corrected chi connectivity index (χ2v) is 5.06.